The van der Waals surface area contributed by atoms with Crippen molar-refractivity contribution in [2.75, 3.05) is 6.54 Å². The minimum Gasteiger partial charge on any atom is -0.481 e. The van der Waals surface area contributed by atoms with Crippen LogP contribution in [-0.2, 0) is 22.5 Å². The molecule has 4 atom stereocenters. The van der Waals surface area contributed by atoms with Crippen molar-refractivity contribution in [3.05, 3.63) is 40.0 Å². The molecule has 7 nitrogen and oxygen atoms in total. The molecule has 4 heterocycles. The lowest BCUT2D eigenvalue weighted by atomic mass is 10.0. The first kappa shape index (κ1) is 19.4. The van der Waals surface area contributed by atoms with E-state index in [1.165, 1.54) is 4.57 Å². The fourth-order valence-corrected chi connectivity index (χ4v) is 4.75. The molecule has 0 spiro atoms. The minimum absolute atomic E-state index is 0.101. The maximum absolute atomic E-state index is 14.3. The SMILES string of the molecule is O=C([C@@H]1CCCc2nn(CC3=C(F)C(C(F)(F)F)OC=C3)c(=O)n21)N1CCC2CC21. The van der Waals surface area contributed by atoms with E-state index >= 15 is 0 Å². The van der Waals surface area contributed by atoms with Crippen molar-refractivity contribution >= 4 is 5.91 Å². The van der Waals surface area contributed by atoms with E-state index in [4.69, 9.17) is 0 Å². The Kier molecular flexibility index (Phi) is 4.33. The standard InChI is InChI=1S/C19H20F4N4O3/c20-15-11(5-7-30-16(15)19(21,22)23)9-26-18(29)27-12(2-1-3-14(27)24-26)17(28)25-6-4-10-8-13(10)25/h5,7,10,12-13,16H,1-4,6,8-9H2/t10?,12-,13?,16?/m0/s1. The summed E-state index contributed by atoms with van der Waals surface area (Å²) in [6, 6.07) is -0.402. The largest absolute Gasteiger partial charge is 0.481 e. The lowest BCUT2D eigenvalue weighted by Gasteiger charge is -2.28. The van der Waals surface area contributed by atoms with E-state index in [-0.39, 0.29) is 17.5 Å². The molecule has 5 rings (SSSR count). The number of allylic oxidation sites excluding steroid dienone is 2. The molecule has 0 radical (unpaired) electrons. The average Bonchev–Trinajstić information content (AvgIpc) is 3.24. The van der Waals surface area contributed by atoms with Gasteiger partial charge in [-0.2, -0.15) is 18.3 Å². The molecule has 3 aliphatic heterocycles. The monoisotopic (exact) mass is 428 g/mol. The number of carbonyl (C=O) groups is 1. The molecule has 0 bridgehead atoms. The van der Waals surface area contributed by atoms with E-state index in [0.29, 0.717) is 37.5 Å². The van der Waals surface area contributed by atoms with E-state index in [1.807, 2.05) is 4.90 Å². The quantitative estimate of drug-likeness (QED) is 0.693. The van der Waals surface area contributed by atoms with Crippen molar-refractivity contribution in [2.45, 2.75) is 63.0 Å². The first-order valence-electron chi connectivity index (χ1n) is 10.0. The Labute approximate surface area is 168 Å². The molecule has 4 aliphatic rings. The molecule has 1 saturated carbocycles. The van der Waals surface area contributed by atoms with Crippen LogP contribution in [-0.4, -0.2) is 50.0 Å². The Hall–Kier alpha value is -2.59. The van der Waals surface area contributed by atoms with Crippen LogP contribution in [0.15, 0.2) is 28.5 Å². The molecule has 1 saturated heterocycles. The van der Waals surface area contributed by atoms with Crippen LogP contribution in [0.2, 0.25) is 0 Å². The molecule has 0 aromatic carbocycles. The van der Waals surface area contributed by atoms with Crippen LogP contribution in [0.5, 0.6) is 0 Å². The summed E-state index contributed by atoms with van der Waals surface area (Å²) in [4.78, 5) is 27.9. The van der Waals surface area contributed by atoms with Crippen molar-refractivity contribution in [2.24, 2.45) is 5.92 Å². The third-order valence-electron chi connectivity index (χ3n) is 6.36. The van der Waals surface area contributed by atoms with E-state index in [9.17, 15) is 27.2 Å². The van der Waals surface area contributed by atoms with Crippen LogP contribution >= 0.6 is 0 Å². The Morgan fingerprint density at radius 3 is 2.77 bits per heavy atom. The number of rotatable bonds is 3. The van der Waals surface area contributed by atoms with Gasteiger partial charge < -0.3 is 9.64 Å². The number of carbonyl (C=O) groups excluding carboxylic acids is 1. The molecule has 1 aromatic heterocycles. The topological polar surface area (TPSA) is 69.4 Å². The first-order chi connectivity index (χ1) is 14.3. The highest BCUT2D eigenvalue weighted by Gasteiger charge is 2.50. The fourth-order valence-electron chi connectivity index (χ4n) is 4.75. The lowest BCUT2D eigenvalue weighted by Crippen LogP contribution is -2.42. The average molecular weight is 428 g/mol. The number of ether oxygens (including phenoxy) is 1. The summed E-state index contributed by atoms with van der Waals surface area (Å²) in [5.74, 6) is -0.628. The van der Waals surface area contributed by atoms with Gasteiger partial charge in [-0.05, 0) is 37.7 Å². The predicted octanol–water partition coefficient (Wildman–Crippen LogP) is 2.24. The maximum atomic E-state index is 14.3. The number of fused-ring (bicyclic) bond motifs is 2. The zero-order chi connectivity index (χ0) is 21.2. The van der Waals surface area contributed by atoms with Crippen molar-refractivity contribution in [3.8, 4) is 0 Å². The smallest absolute Gasteiger partial charge is 0.432 e. The molecule has 1 amide bonds. The van der Waals surface area contributed by atoms with E-state index < -0.39 is 36.4 Å². The Morgan fingerprint density at radius 2 is 2.10 bits per heavy atom. The van der Waals surface area contributed by atoms with Gasteiger partial charge in [-0.15, -0.1) is 0 Å². The first-order valence-corrected chi connectivity index (χ1v) is 10.0. The summed E-state index contributed by atoms with van der Waals surface area (Å²) in [5.41, 5.74) is -0.942. The van der Waals surface area contributed by atoms with Crippen LogP contribution < -0.4 is 5.69 Å². The van der Waals surface area contributed by atoms with Gasteiger partial charge in [-0.25, -0.2) is 13.9 Å². The number of piperidine rings is 1. The van der Waals surface area contributed by atoms with Gasteiger partial charge in [-0.3, -0.25) is 9.36 Å². The number of likely N-dealkylation sites (tertiary alicyclic amines) is 1. The molecule has 3 unspecified atom stereocenters. The van der Waals surface area contributed by atoms with Gasteiger partial charge >= 0.3 is 11.9 Å². The van der Waals surface area contributed by atoms with Gasteiger partial charge in [0.15, 0.2) is 5.83 Å². The van der Waals surface area contributed by atoms with Gasteiger partial charge in [0.1, 0.15) is 11.9 Å². The Bertz CT molecular complexity index is 1010. The number of aromatic nitrogens is 3. The van der Waals surface area contributed by atoms with Crippen molar-refractivity contribution < 1.29 is 27.1 Å². The van der Waals surface area contributed by atoms with Crippen molar-refractivity contribution in [3.63, 3.8) is 0 Å². The zero-order valence-corrected chi connectivity index (χ0v) is 15.9. The molecule has 2 fully saturated rings. The number of hydrogen-bond donors (Lipinski definition) is 0. The van der Waals surface area contributed by atoms with Gasteiger partial charge in [0.05, 0.1) is 12.8 Å². The second kappa shape index (κ2) is 6.71. The highest BCUT2D eigenvalue weighted by molar-refractivity contribution is 5.81. The summed E-state index contributed by atoms with van der Waals surface area (Å²) >= 11 is 0. The lowest BCUT2D eigenvalue weighted by molar-refractivity contribution is -0.199. The summed E-state index contributed by atoms with van der Waals surface area (Å²) in [6.45, 7) is 0.219. The maximum Gasteiger partial charge on any atom is 0.432 e. The third-order valence-corrected chi connectivity index (χ3v) is 6.36. The van der Waals surface area contributed by atoms with Crippen LogP contribution in [0.1, 0.15) is 37.5 Å². The molecule has 30 heavy (non-hydrogen) atoms. The molecular formula is C19H20F4N4O3. The van der Waals surface area contributed by atoms with E-state index in [1.54, 1.807) is 0 Å². The van der Waals surface area contributed by atoms with Gasteiger partial charge in [-0.1, -0.05) is 0 Å². The third kappa shape index (κ3) is 3.05. The summed E-state index contributed by atoms with van der Waals surface area (Å²) in [5, 5.41) is 4.19. The highest BCUT2D eigenvalue weighted by Crippen LogP contribution is 2.45. The van der Waals surface area contributed by atoms with Crippen LogP contribution in [0.3, 0.4) is 0 Å². The number of alkyl halides is 3. The van der Waals surface area contributed by atoms with Gasteiger partial charge in [0.2, 0.25) is 12.0 Å². The molecule has 162 valence electrons. The molecule has 11 heteroatoms. The van der Waals surface area contributed by atoms with Crippen LogP contribution in [0, 0.1) is 5.92 Å². The number of hydrogen-bond acceptors (Lipinski definition) is 4. The minimum atomic E-state index is -4.91. The summed E-state index contributed by atoms with van der Waals surface area (Å²) in [6.07, 6.45) is -2.14. The van der Waals surface area contributed by atoms with Crippen LogP contribution in [0.4, 0.5) is 17.6 Å². The van der Waals surface area contributed by atoms with E-state index in [0.717, 1.165) is 29.9 Å². The molecular weight excluding hydrogens is 408 g/mol. The normalized spacial score (nSPS) is 30.2. The second-order valence-corrected chi connectivity index (χ2v) is 8.25. The molecule has 0 N–H and O–H groups in total. The Balaban J connectivity index is 1.43. The highest BCUT2D eigenvalue weighted by atomic mass is 19.4. The Morgan fingerprint density at radius 1 is 1.30 bits per heavy atom. The number of aryl methyl sites for hydroxylation is 1. The number of halogens is 4. The molecule has 1 aliphatic carbocycles. The van der Waals surface area contributed by atoms with Gasteiger partial charge in [0.25, 0.3) is 0 Å². The molecule has 1 aromatic rings. The zero-order valence-electron chi connectivity index (χ0n) is 15.9. The summed E-state index contributed by atoms with van der Waals surface area (Å²) in [7, 11) is 0. The predicted molar refractivity (Wildman–Crippen MR) is 94.9 cm³/mol. The van der Waals surface area contributed by atoms with Crippen LogP contribution in [0.25, 0.3) is 0 Å². The van der Waals surface area contributed by atoms with Crippen molar-refractivity contribution in [1.82, 2.24) is 19.2 Å². The summed E-state index contributed by atoms with van der Waals surface area (Å²) < 4.78 is 59.7. The number of amides is 1. The van der Waals surface area contributed by atoms with Crippen molar-refractivity contribution in [1.29, 1.82) is 0 Å². The van der Waals surface area contributed by atoms with Gasteiger partial charge in [0, 0.05) is 24.6 Å². The van der Waals surface area contributed by atoms with E-state index in [2.05, 4.69) is 9.84 Å². The number of nitrogens with zero attached hydrogens (tertiary/aromatic N) is 4. The second-order valence-electron chi connectivity index (χ2n) is 8.25. The fraction of sp³-hybridized carbons (Fsp3) is 0.632.